The van der Waals surface area contributed by atoms with Gasteiger partial charge in [-0.25, -0.2) is 0 Å². The lowest BCUT2D eigenvalue weighted by Gasteiger charge is -2.37. The lowest BCUT2D eigenvalue weighted by atomic mass is 9.98. The topological polar surface area (TPSA) is 513 Å². The monoisotopic (exact) mass is 1780 g/mol. The number of carbonyl (C=O) groups excluding carboxylic acids is 15. The first-order valence-electron chi connectivity index (χ1n) is 42.1. The molecule has 5 aromatic carbocycles. The minimum Gasteiger partial charge on any atom is -0.508 e. The van der Waals surface area contributed by atoms with Gasteiger partial charge in [-0.1, -0.05) is 151 Å². The summed E-state index contributed by atoms with van der Waals surface area (Å²) in [5.74, 6) is -17.4. The van der Waals surface area contributed by atoms with Crippen LogP contribution < -0.4 is 53.6 Å². The number of benzene rings is 5. The van der Waals surface area contributed by atoms with Crippen LogP contribution in [0, 0.1) is 11.8 Å². The van der Waals surface area contributed by atoms with Gasteiger partial charge >= 0.3 is 5.97 Å². The Balaban J connectivity index is 1.21. The van der Waals surface area contributed by atoms with Gasteiger partial charge in [-0.15, -0.1) is 11.8 Å². The van der Waals surface area contributed by atoms with Gasteiger partial charge < -0.3 is 103 Å². The van der Waals surface area contributed by atoms with E-state index in [0.29, 0.717) is 51.6 Å². The molecule has 3 heterocycles. The van der Waals surface area contributed by atoms with Gasteiger partial charge in [0.25, 0.3) is 0 Å². The number of carbonyl (C=O) groups is 16. The molecule has 8 rings (SSSR count). The number of fused-ring (bicyclic) bond motifs is 1. The van der Waals surface area contributed by atoms with Crippen LogP contribution in [0.25, 0.3) is 10.9 Å². The van der Waals surface area contributed by atoms with Gasteiger partial charge in [-0.3, -0.25) is 76.7 Å². The molecule has 0 saturated carbocycles. The van der Waals surface area contributed by atoms with E-state index < -0.39 is 205 Å². The molecule has 15 amide bonds. The van der Waals surface area contributed by atoms with Crippen molar-refractivity contribution in [3.05, 3.63) is 192 Å². The van der Waals surface area contributed by atoms with Crippen molar-refractivity contribution in [3.63, 3.8) is 0 Å². The predicted octanol–water partition coefficient (Wildman–Crippen LogP) is 1.92. The average molecular weight is 1790 g/mol. The molecule has 1 unspecified atom stereocenters. The number of para-hydroxylation sites is 1. The molecular weight excluding hydrogens is 1670 g/mol. The number of aliphatic carboxylic acids is 1. The third-order valence-electron chi connectivity index (χ3n) is 21.8. The fraction of sp³-hybridized carbons (Fsp3) is 0.429. The summed E-state index contributed by atoms with van der Waals surface area (Å²) < 4.78 is 5.67. The normalized spacial score (nSPS) is 22.0. The molecule has 686 valence electrons. The Hall–Kier alpha value is -13.6. The van der Waals surface area contributed by atoms with Gasteiger partial charge in [0.1, 0.15) is 83.7 Å². The lowest BCUT2D eigenvalue weighted by molar-refractivity contribution is -0.151. The summed E-state index contributed by atoms with van der Waals surface area (Å²) in [6, 6.07) is 21.5. The number of carboxylic acid groups (broad SMARTS) is 1. The molecule has 1 aliphatic heterocycles. The van der Waals surface area contributed by atoms with Crippen LogP contribution in [0.4, 0.5) is 0 Å². The van der Waals surface area contributed by atoms with Gasteiger partial charge in [0.2, 0.25) is 88.6 Å². The Kier molecular flexibility index (Phi) is 37.6. The summed E-state index contributed by atoms with van der Waals surface area (Å²) in [7, 11) is 6.48. The lowest BCUT2D eigenvalue weighted by Crippen LogP contribution is -2.61. The molecular formula is C91H116N16O20S. The Morgan fingerprint density at radius 2 is 0.984 bits per heavy atom. The largest absolute Gasteiger partial charge is 0.508 e. The van der Waals surface area contributed by atoms with E-state index in [9.17, 15) is 58.5 Å². The molecule has 2 aromatic heterocycles. The number of nitrogens with one attached hydrogen (secondary N) is 10. The highest BCUT2D eigenvalue weighted by atomic mass is 32.2. The number of aromatic hydroxyl groups is 2. The average Bonchev–Trinajstić information content (AvgIpc) is 1.81. The van der Waals surface area contributed by atoms with E-state index in [4.69, 9.17) is 10.2 Å². The van der Waals surface area contributed by atoms with Gasteiger partial charge in [0.05, 0.1) is 38.1 Å². The molecule has 128 heavy (non-hydrogen) atoms. The maximum Gasteiger partial charge on any atom is 0.305 e. The second kappa shape index (κ2) is 48.2. The number of phenols is 2. The standard InChI is InChI=1S/C91H116N16O20S/c1-11-12-29-72-89(124)104(7)50-77(112)96-68(46-79(114)115)85(120)102-80(54(4)5)91(126)106(9)73(42-55-22-15-13-16-23-55)86(121)100-69(41-58-32-36-61(109)37-33-58)87(122)103(6)49-76(111)95-67(44-59-47-93-64-28-20-19-27-63(59)64)84(119)99-66(40-57-30-34-60(108)35-31-57)83(118)98-65(39-53(2)3)82(117)101-71(81(116)94-48-75(92)110)51-128-52-78(113)97-70(45-62-26-21-38-127-62)88(123)107(10)74(90(125)105(72)8)43-56-24-17-14-18-25-56/h13-28,30-38,47,53-54,65-74,80,93,108-109H,11-12,29,39-46,48-52H2,1-10H3,(H2,92,110)(H,94,116)(H,95,111)(H,96,112)(H,97,113)(H,98,118)(H,99,119)(H,100,121)(H,101,117)(H,102,120)(H,114,115)/t65-,66-,67-,68-,69-,70-,71-,72-,73?,74-,80-/m0/s1. The van der Waals surface area contributed by atoms with Crippen molar-refractivity contribution in [2.45, 2.75) is 172 Å². The van der Waals surface area contributed by atoms with Crippen LogP contribution in [0.5, 0.6) is 11.5 Å². The number of hydrogen-bond donors (Lipinski definition) is 14. The van der Waals surface area contributed by atoms with Crippen LogP contribution in [0.1, 0.15) is 100 Å². The second-order valence-corrected chi connectivity index (χ2v) is 33.7. The maximum absolute atomic E-state index is 15.5. The van der Waals surface area contributed by atoms with Crippen molar-refractivity contribution >= 4 is 117 Å². The number of thioether (sulfide) groups is 1. The van der Waals surface area contributed by atoms with Crippen LogP contribution in [0.2, 0.25) is 0 Å². The summed E-state index contributed by atoms with van der Waals surface area (Å²) >= 11 is 0.807. The van der Waals surface area contributed by atoms with Gasteiger partial charge in [-0.2, -0.15) is 0 Å². The van der Waals surface area contributed by atoms with Gasteiger partial charge in [-0.05, 0) is 95.0 Å². The molecule has 0 spiro atoms. The van der Waals surface area contributed by atoms with E-state index >= 15 is 33.6 Å². The third kappa shape index (κ3) is 29.8. The van der Waals surface area contributed by atoms with E-state index in [1.807, 2.05) is 6.92 Å². The minimum absolute atomic E-state index is 0.0205. The van der Waals surface area contributed by atoms with E-state index in [1.54, 1.807) is 131 Å². The molecule has 0 bridgehead atoms. The first kappa shape index (κ1) is 99.8. The van der Waals surface area contributed by atoms with Crippen LogP contribution in [-0.2, 0) is 115 Å². The molecule has 15 N–H and O–H groups in total. The highest BCUT2D eigenvalue weighted by Crippen LogP contribution is 2.25. The number of H-pyrrole nitrogens is 1. The first-order chi connectivity index (χ1) is 60.9. The fourth-order valence-corrected chi connectivity index (χ4v) is 15.6. The number of likely N-dealkylation sites (N-methyl/N-ethyl adjacent to an activating group) is 5. The fourth-order valence-electron chi connectivity index (χ4n) is 14.7. The number of primary amides is 1. The van der Waals surface area contributed by atoms with Crippen molar-refractivity contribution in [2.24, 2.45) is 17.6 Å². The smallest absolute Gasteiger partial charge is 0.305 e. The van der Waals surface area contributed by atoms with Crippen LogP contribution in [0.3, 0.4) is 0 Å². The minimum atomic E-state index is -1.91. The van der Waals surface area contributed by atoms with Crippen molar-refractivity contribution < 1.29 is 96.4 Å². The van der Waals surface area contributed by atoms with Crippen LogP contribution in [-0.4, -0.2) is 272 Å². The zero-order valence-corrected chi connectivity index (χ0v) is 74.2. The molecule has 11 atom stereocenters. The van der Waals surface area contributed by atoms with Crippen molar-refractivity contribution in [2.75, 3.05) is 66.4 Å². The summed E-state index contributed by atoms with van der Waals surface area (Å²) in [4.78, 5) is 243. The van der Waals surface area contributed by atoms with E-state index in [1.165, 1.54) is 90.0 Å². The van der Waals surface area contributed by atoms with Crippen LogP contribution >= 0.6 is 11.8 Å². The van der Waals surface area contributed by atoms with Gasteiger partial charge in [0.15, 0.2) is 0 Å². The summed E-state index contributed by atoms with van der Waals surface area (Å²) in [6.45, 7) is 6.13. The molecule has 7 aromatic rings. The SMILES string of the molecule is CCCC[C@H]1C(=O)N(C)CC(=O)N[C@@H](CC(=O)O)C(=O)N[C@@H](C(C)C)C(=O)N(C)C(Cc2ccccc2)C(=O)N[C@@H](Cc2ccc(O)cc2)C(=O)N(C)CC(=O)N[C@@H](Cc2c[nH]c3ccccc23)C(=O)N[C@@H](Cc2ccc(O)cc2)C(=O)N[C@@H](CC(C)C)C(=O)N[C@H](C(=O)NCC(N)=O)CSCC(=O)N[C@@H](Cc2ccco2)C(=O)N(C)[C@@H](Cc2ccccc2)C(=O)N1C. The molecule has 1 fully saturated rings. The number of furan rings is 1. The van der Waals surface area contributed by atoms with Crippen molar-refractivity contribution in [1.29, 1.82) is 0 Å². The molecule has 1 aliphatic rings. The number of nitrogens with zero attached hydrogens (tertiary/aromatic N) is 5. The molecule has 37 heteroatoms. The number of nitrogens with two attached hydrogens (primary N) is 1. The number of phenolic OH excluding ortho intramolecular Hbond substituents is 2. The number of unbranched alkanes of at least 4 members (excludes halogenated alkanes) is 1. The highest BCUT2D eigenvalue weighted by molar-refractivity contribution is 8.00. The predicted molar refractivity (Wildman–Crippen MR) is 474 cm³/mol. The number of rotatable bonds is 23. The molecule has 1 saturated heterocycles. The number of aromatic nitrogens is 1. The Morgan fingerprint density at radius 1 is 0.492 bits per heavy atom. The van der Waals surface area contributed by atoms with Crippen LogP contribution in [0.15, 0.2) is 162 Å². The molecule has 0 aliphatic carbocycles. The summed E-state index contributed by atoms with van der Waals surface area (Å²) in [5, 5.41) is 55.4. The number of carboxylic acids is 1. The van der Waals surface area contributed by atoms with Gasteiger partial charge in [0, 0.05) is 96.6 Å². The Labute approximate surface area is 746 Å². The van der Waals surface area contributed by atoms with Crippen molar-refractivity contribution in [3.8, 4) is 11.5 Å². The number of hydrogen-bond acceptors (Lipinski definition) is 20. The van der Waals surface area contributed by atoms with Crippen molar-refractivity contribution in [1.82, 2.24) is 77.3 Å². The zero-order valence-electron chi connectivity index (χ0n) is 73.3. The summed E-state index contributed by atoms with van der Waals surface area (Å²) in [6.07, 6.45) is 1.22. The van der Waals surface area contributed by atoms with E-state index in [2.05, 4.69) is 52.8 Å². The Bertz CT molecular complexity index is 5020. The number of amides is 15. The summed E-state index contributed by atoms with van der Waals surface area (Å²) in [5.41, 5.74) is 8.49. The van der Waals surface area contributed by atoms with E-state index in [-0.39, 0.29) is 74.5 Å². The molecule has 0 radical (unpaired) electrons. The maximum atomic E-state index is 15.5. The quantitative estimate of drug-likeness (QED) is 0.0435. The molecule has 36 nitrogen and oxygen atoms in total. The first-order valence-corrected chi connectivity index (χ1v) is 43.3. The third-order valence-corrected chi connectivity index (χ3v) is 22.8. The van der Waals surface area contributed by atoms with E-state index in [0.717, 1.165) is 36.3 Å². The number of aromatic amines is 1. The Morgan fingerprint density at radius 3 is 1.55 bits per heavy atom. The highest BCUT2D eigenvalue weighted by Gasteiger charge is 2.42. The zero-order chi connectivity index (χ0) is 93.6. The second-order valence-electron chi connectivity index (χ2n) is 32.7.